The molecular weight excluding hydrogens is 256 g/mol. The smallest absolute Gasteiger partial charge is 0.405 e. The molecule has 5 nitrogen and oxygen atoms in total. The van der Waals surface area contributed by atoms with Gasteiger partial charge in [0.25, 0.3) is 0 Å². The summed E-state index contributed by atoms with van der Waals surface area (Å²) in [5.41, 5.74) is 9.49. The molecule has 0 saturated heterocycles. The van der Waals surface area contributed by atoms with Crippen LogP contribution in [0.3, 0.4) is 0 Å². The lowest BCUT2D eigenvalue weighted by Crippen LogP contribution is -2.27. The molecule has 0 unspecified atom stereocenters. The van der Waals surface area contributed by atoms with Crippen LogP contribution in [-0.2, 0) is 4.74 Å². The molecule has 0 aliphatic rings. The fourth-order valence-corrected chi connectivity index (χ4v) is 0.893. The van der Waals surface area contributed by atoms with Crippen molar-refractivity contribution >= 4 is 6.09 Å². The third-order valence-electron chi connectivity index (χ3n) is 1.86. The summed E-state index contributed by atoms with van der Waals surface area (Å²) in [6, 6.07) is 0. The molecule has 0 aromatic rings. The molecule has 0 aromatic carbocycles. The standard InChI is InChI=1S/C5H11NO2.C5H13N.C5H12O/c1-5(2,3)8-4(6)7;2*1-5(2)3-4-6/h1-3H3,(H2,6,7);5H,3-4,6H2,1-2H3;5-6H,3-4H2,1-2H3. The van der Waals surface area contributed by atoms with Gasteiger partial charge in [-0.3, -0.25) is 0 Å². The van der Waals surface area contributed by atoms with Gasteiger partial charge in [-0.15, -0.1) is 0 Å². The van der Waals surface area contributed by atoms with E-state index in [9.17, 15) is 4.79 Å². The van der Waals surface area contributed by atoms with Gasteiger partial charge < -0.3 is 21.3 Å². The van der Waals surface area contributed by atoms with Crippen LogP contribution in [0.4, 0.5) is 4.79 Å². The molecule has 0 spiro atoms. The van der Waals surface area contributed by atoms with E-state index in [1.807, 2.05) is 0 Å². The minimum atomic E-state index is -0.725. The number of carbonyl (C=O) groups excluding carboxylic acids is 1. The molecule has 0 aromatic heterocycles. The minimum Gasteiger partial charge on any atom is -0.444 e. The van der Waals surface area contributed by atoms with E-state index in [-0.39, 0.29) is 0 Å². The summed E-state index contributed by atoms with van der Waals surface area (Å²) in [6.07, 6.45) is 1.36. The maximum absolute atomic E-state index is 10.0. The molecule has 1 amide bonds. The van der Waals surface area contributed by atoms with Crippen LogP contribution in [0, 0.1) is 11.8 Å². The van der Waals surface area contributed by atoms with Crippen molar-refractivity contribution in [3.05, 3.63) is 0 Å². The molecule has 0 aliphatic carbocycles. The third kappa shape index (κ3) is 43.4. The van der Waals surface area contributed by atoms with Gasteiger partial charge in [0.1, 0.15) is 5.60 Å². The maximum Gasteiger partial charge on any atom is 0.405 e. The highest BCUT2D eigenvalue weighted by Crippen LogP contribution is 2.04. The first-order valence-corrected chi connectivity index (χ1v) is 7.25. The zero-order valence-corrected chi connectivity index (χ0v) is 14.4. The van der Waals surface area contributed by atoms with Crippen LogP contribution in [0.2, 0.25) is 0 Å². The quantitative estimate of drug-likeness (QED) is 0.742. The number of rotatable bonds is 4. The zero-order valence-electron chi connectivity index (χ0n) is 14.4. The molecular formula is C15H36N2O3. The molecule has 5 heteroatoms. The average molecular weight is 292 g/mol. The lowest BCUT2D eigenvalue weighted by Gasteiger charge is -2.16. The van der Waals surface area contributed by atoms with Crippen LogP contribution >= 0.6 is 0 Å². The van der Waals surface area contributed by atoms with Gasteiger partial charge in [0.15, 0.2) is 0 Å². The SMILES string of the molecule is CC(C)(C)OC(N)=O.CC(C)CCN.CC(C)CCO. The maximum atomic E-state index is 10.0. The highest BCUT2D eigenvalue weighted by atomic mass is 16.6. The van der Waals surface area contributed by atoms with Crippen molar-refractivity contribution in [2.75, 3.05) is 13.2 Å². The number of hydrogen-bond donors (Lipinski definition) is 3. The molecule has 0 atom stereocenters. The molecule has 5 N–H and O–H groups in total. The number of primary amides is 1. The molecule has 0 saturated carbocycles. The van der Waals surface area contributed by atoms with Crippen LogP contribution in [0.5, 0.6) is 0 Å². The Kier molecular flexibility index (Phi) is 17.7. The molecule has 0 rings (SSSR count). The number of ether oxygens (including phenoxy) is 1. The first-order chi connectivity index (χ1) is 8.96. The van der Waals surface area contributed by atoms with Crippen molar-refractivity contribution in [2.45, 2.75) is 66.9 Å². The van der Waals surface area contributed by atoms with Gasteiger partial charge in [-0.1, -0.05) is 27.7 Å². The normalized spacial score (nSPS) is 10.3. The Morgan fingerprint density at radius 3 is 1.50 bits per heavy atom. The second-order valence-corrected chi connectivity index (χ2v) is 6.41. The van der Waals surface area contributed by atoms with Crippen LogP contribution in [0.25, 0.3) is 0 Å². The monoisotopic (exact) mass is 292 g/mol. The van der Waals surface area contributed by atoms with Gasteiger partial charge >= 0.3 is 6.09 Å². The predicted molar refractivity (Wildman–Crippen MR) is 85.5 cm³/mol. The largest absolute Gasteiger partial charge is 0.444 e. The Morgan fingerprint density at radius 1 is 1.10 bits per heavy atom. The highest BCUT2D eigenvalue weighted by molar-refractivity contribution is 5.65. The summed E-state index contributed by atoms with van der Waals surface area (Å²) in [4.78, 5) is 10.0. The van der Waals surface area contributed by atoms with Gasteiger partial charge in [-0.05, 0) is 52.0 Å². The second-order valence-electron chi connectivity index (χ2n) is 6.41. The fourth-order valence-electron chi connectivity index (χ4n) is 0.893. The summed E-state index contributed by atoms with van der Waals surface area (Å²) < 4.78 is 4.58. The van der Waals surface area contributed by atoms with E-state index >= 15 is 0 Å². The fraction of sp³-hybridized carbons (Fsp3) is 0.933. The number of amides is 1. The summed E-state index contributed by atoms with van der Waals surface area (Å²) in [7, 11) is 0. The average Bonchev–Trinajstić information content (AvgIpc) is 2.14. The van der Waals surface area contributed by atoms with Gasteiger partial charge in [0, 0.05) is 6.61 Å². The Hall–Kier alpha value is -0.810. The number of aliphatic hydroxyl groups excluding tert-OH is 1. The Bertz CT molecular complexity index is 202. The Labute approximate surface area is 125 Å². The lowest BCUT2D eigenvalue weighted by atomic mass is 10.1. The van der Waals surface area contributed by atoms with Crippen molar-refractivity contribution in [1.29, 1.82) is 0 Å². The van der Waals surface area contributed by atoms with Crippen LogP contribution < -0.4 is 11.5 Å². The van der Waals surface area contributed by atoms with Crippen LogP contribution in [0.15, 0.2) is 0 Å². The van der Waals surface area contributed by atoms with E-state index in [4.69, 9.17) is 16.6 Å². The van der Waals surface area contributed by atoms with Gasteiger partial charge in [0.05, 0.1) is 0 Å². The van der Waals surface area contributed by atoms with E-state index in [1.54, 1.807) is 20.8 Å². The third-order valence-corrected chi connectivity index (χ3v) is 1.86. The first-order valence-electron chi connectivity index (χ1n) is 7.25. The van der Waals surface area contributed by atoms with Crippen LogP contribution in [-0.4, -0.2) is 30.0 Å². The van der Waals surface area contributed by atoms with Gasteiger partial charge in [0.2, 0.25) is 0 Å². The second kappa shape index (κ2) is 14.6. The number of nitrogens with two attached hydrogens (primary N) is 2. The van der Waals surface area contributed by atoms with E-state index in [0.29, 0.717) is 12.5 Å². The van der Waals surface area contributed by atoms with Crippen LogP contribution in [0.1, 0.15) is 61.3 Å². The van der Waals surface area contributed by atoms with Crippen molar-refractivity contribution < 1.29 is 14.6 Å². The minimum absolute atomic E-state index is 0.331. The van der Waals surface area contributed by atoms with E-state index in [2.05, 4.69) is 32.4 Å². The van der Waals surface area contributed by atoms with Crippen molar-refractivity contribution in [1.82, 2.24) is 0 Å². The molecule has 20 heavy (non-hydrogen) atoms. The molecule has 124 valence electrons. The van der Waals surface area contributed by atoms with Gasteiger partial charge in [-0.2, -0.15) is 0 Å². The summed E-state index contributed by atoms with van der Waals surface area (Å²) in [5, 5.41) is 8.24. The van der Waals surface area contributed by atoms with E-state index in [1.165, 1.54) is 0 Å². The summed E-state index contributed by atoms with van der Waals surface area (Å²) in [6.45, 7) is 15.0. The predicted octanol–water partition coefficient (Wildman–Crippen LogP) is 2.90. The van der Waals surface area contributed by atoms with Crippen molar-refractivity contribution in [2.24, 2.45) is 23.3 Å². The van der Waals surface area contributed by atoms with Gasteiger partial charge in [-0.25, -0.2) is 4.79 Å². The summed E-state index contributed by atoms with van der Waals surface area (Å²) >= 11 is 0. The molecule has 0 radical (unpaired) electrons. The number of carbonyl (C=O) groups is 1. The Morgan fingerprint density at radius 2 is 1.50 bits per heavy atom. The topological polar surface area (TPSA) is 98.6 Å². The van der Waals surface area contributed by atoms with Crippen molar-refractivity contribution in [3.63, 3.8) is 0 Å². The molecule has 0 fully saturated rings. The highest BCUT2D eigenvalue weighted by Gasteiger charge is 2.12. The number of hydrogen-bond acceptors (Lipinski definition) is 4. The molecule has 0 heterocycles. The molecule has 0 aliphatic heterocycles. The number of aliphatic hydroxyl groups is 1. The van der Waals surface area contributed by atoms with E-state index in [0.717, 1.165) is 25.3 Å². The first kappa shape index (κ1) is 24.2. The van der Waals surface area contributed by atoms with Crippen molar-refractivity contribution in [3.8, 4) is 0 Å². The Balaban J connectivity index is -0.000000221. The summed E-state index contributed by atoms with van der Waals surface area (Å²) in [5.74, 6) is 1.42. The van der Waals surface area contributed by atoms with E-state index < -0.39 is 11.7 Å². The molecule has 0 bridgehead atoms. The lowest BCUT2D eigenvalue weighted by molar-refractivity contribution is 0.0600. The zero-order chi connectivity index (χ0) is 16.8.